The van der Waals surface area contributed by atoms with Crippen LogP contribution in [-0.4, -0.2) is 21.5 Å². The summed E-state index contributed by atoms with van der Waals surface area (Å²) in [5, 5.41) is 2.75. The van der Waals surface area contributed by atoms with Crippen LogP contribution in [0.3, 0.4) is 0 Å². The van der Waals surface area contributed by atoms with Crippen molar-refractivity contribution in [3.63, 3.8) is 0 Å². The maximum absolute atomic E-state index is 11.5. The van der Waals surface area contributed by atoms with E-state index in [0.717, 1.165) is 11.4 Å². The summed E-state index contributed by atoms with van der Waals surface area (Å²) in [5.41, 5.74) is 7.15. The van der Waals surface area contributed by atoms with Crippen molar-refractivity contribution in [1.82, 2.24) is 9.55 Å². The van der Waals surface area contributed by atoms with Crippen LogP contribution < -0.4 is 11.1 Å². The number of benzene rings is 1. The first-order valence-electron chi connectivity index (χ1n) is 5.31. The van der Waals surface area contributed by atoms with Gasteiger partial charge in [-0.25, -0.2) is 4.98 Å². The maximum atomic E-state index is 11.5. The maximum Gasteiger partial charge on any atom is 0.240 e. The van der Waals surface area contributed by atoms with Crippen LogP contribution in [0.5, 0.6) is 0 Å². The Balaban J connectivity index is 2.20. The topological polar surface area (TPSA) is 72.9 Å². The summed E-state index contributed by atoms with van der Waals surface area (Å²) >= 11 is 0. The molecule has 5 heteroatoms. The summed E-state index contributed by atoms with van der Waals surface area (Å²) in [5.74, 6) is -0.201. The highest BCUT2D eigenvalue weighted by atomic mass is 16.2. The fourth-order valence-electron chi connectivity index (χ4n) is 1.41. The van der Waals surface area contributed by atoms with E-state index < -0.39 is 6.04 Å². The number of nitrogens with one attached hydrogen (secondary N) is 1. The number of nitrogens with zero attached hydrogens (tertiary/aromatic N) is 2. The quantitative estimate of drug-likeness (QED) is 0.831. The van der Waals surface area contributed by atoms with Crippen molar-refractivity contribution < 1.29 is 4.79 Å². The van der Waals surface area contributed by atoms with E-state index in [9.17, 15) is 4.79 Å². The van der Waals surface area contributed by atoms with Crippen molar-refractivity contribution in [2.24, 2.45) is 5.73 Å². The van der Waals surface area contributed by atoms with E-state index >= 15 is 0 Å². The Morgan fingerprint density at radius 1 is 1.53 bits per heavy atom. The van der Waals surface area contributed by atoms with Crippen LogP contribution in [-0.2, 0) is 4.79 Å². The van der Waals surface area contributed by atoms with E-state index in [-0.39, 0.29) is 5.91 Å². The molecule has 88 valence electrons. The Morgan fingerprint density at radius 3 is 3.00 bits per heavy atom. The van der Waals surface area contributed by atoms with E-state index in [1.807, 2.05) is 35.0 Å². The van der Waals surface area contributed by atoms with Crippen molar-refractivity contribution in [1.29, 1.82) is 0 Å². The Hall–Kier alpha value is -2.14. The zero-order valence-electron chi connectivity index (χ0n) is 9.50. The van der Waals surface area contributed by atoms with Gasteiger partial charge in [0.15, 0.2) is 0 Å². The minimum atomic E-state index is -0.521. The number of nitrogens with two attached hydrogens (primary N) is 1. The van der Waals surface area contributed by atoms with Crippen molar-refractivity contribution in [2.45, 2.75) is 13.0 Å². The molecular formula is C12H14N4O. The van der Waals surface area contributed by atoms with Gasteiger partial charge >= 0.3 is 0 Å². The third kappa shape index (κ3) is 2.70. The molecule has 0 aliphatic rings. The molecule has 2 rings (SSSR count). The van der Waals surface area contributed by atoms with Crippen LogP contribution in [0, 0.1) is 0 Å². The number of carbonyl (C=O) groups is 1. The Bertz CT molecular complexity index is 505. The average Bonchev–Trinajstić information content (AvgIpc) is 2.82. The molecule has 2 aromatic rings. The number of hydrogen-bond acceptors (Lipinski definition) is 3. The Morgan fingerprint density at radius 2 is 2.35 bits per heavy atom. The summed E-state index contributed by atoms with van der Waals surface area (Å²) in [6.45, 7) is 1.65. The molecule has 0 saturated carbocycles. The molecular weight excluding hydrogens is 216 g/mol. The molecule has 0 saturated heterocycles. The van der Waals surface area contributed by atoms with Gasteiger partial charge in [-0.05, 0) is 25.1 Å². The molecule has 0 bridgehead atoms. The van der Waals surface area contributed by atoms with Crippen molar-refractivity contribution >= 4 is 11.6 Å². The molecule has 1 amide bonds. The van der Waals surface area contributed by atoms with Gasteiger partial charge in [-0.2, -0.15) is 0 Å². The largest absolute Gasteiger partial charge is 0.325 e. The molecule has 0 fully saturated rings. The molecule has 5 nitrogen and oxygen atoms in total. The summed E-state index contributed by atoms with van der Waals surface area (Å²) in [4.78, 5) is 15.4. The molecule has 0 spiro atoms. The third-order valence-electron chi connectivity index (χ3n) is 2.33. The highest BCUT2D eigenvalue weighted by molar-refractivity contribution is 5.94. The van der Waals surface area contributed by atoms with E-state index in [4.69, 9.17) is 5.73 Å². The minimum absolute atomic E-state index is 0.201. The first kappa shape index (κ1) is 11.3. The van der Waals surface area contributed by atoms with Gasteiger partial charge in [0.2, 0.25) is 5.91 Å². The minimum Gasteiger partial charge on any atom is -0.325 e. The highest BCUT2D eigenvalue weighted by Gasteiger charge is 2.07. The van der Waals surface area contributed by atoms with Gasteiger partial charge in [-0.3, -0.25) is 4.79 Å². The monoisotopic (exact) mass is 230 g/mol. The molecule has 1 atom stereocenters. The SMILES string of the molecule is C[C@@H](N)C(=O)Nc1cccc(-n2ccnc2)c1. The smallest absolute Gasteiger partial charge is 0.240 e. The average molecular weight is 230 g/mol. The van der Waals surface area contributed by atoms with Crippen molar-refractivity contribution in [3.05, 3.63) is 43.0 Å². The van der Waals surface area contributed by atoms with E-state index in [2.05, 4.69) is 10.3 Å². The van der Waals surface area contributed by atoms with Gasteiger partial charge in [0.25, 0.3) is 0 Å². The van der Waals surface area contributed by atoms with Crippen LogP contribution in [0.25, 0.3) is 5.69 Å². The molecule has 0 unspecified atom stereocenters. The van der Waals surface area contributed by atoms with Crippen LogP contribution >= 0.6 is 0 Å². The summed E-state index contributed by atoms with van der Waals surface area (Å²) in [6.07, 6.45) is 5.24. The summed E-state index contributed by atoms with van der Waals surface area (Å²) in [6, 6.07) is 6.96. The summed E-state index contributed by atoms with van der Waals surface area (Å²) < 4.78 is 1.86. The summed E-state index contributed by atoms with van der Waals surface area (Å²) in [7, 11) is 0. The molecule has 0 radical (unpaired) electrons. The number of imidazole rings is 1. The Kier molecular flexibility index (Phi) is 3.20. The normalized spacial score (nSPS) is 12.1. The number of carbonyl (C=O) groups excluding carboxylic acids is 1. The zero-order valence-corrected chi connectivity index (χ0v) is 9.50. The second-order valence-electron chi connectivity index (χ2n) is 3.80. The van der Waals surface area contributed by atoms with E-state index in [1.54, 1.807) is 19.4 Å². The standard InChI is InChI=1S/C12H14N4O/c1-9(13)12(17)15-10-3-2-4-11(7-10)16-6-5-14-8-16/h2-9H,13H2,1H3,(H,15,17)/t9-/m1/s1. The lowest BCUT2D eigenvalue weighted by atomic mass is 10.2. The predicted molar refractivity (Wildman–Crippen MR) is 65.8 cm³/mol. The van der Waals surface area contributed by atoms with Crippen LogP contribution in [0.1, 0.15) is 6.92 Å². The van der Waals surface area contributed by atoms with Gasteiger partial charge in [-0.1, -0.05) is 6.07 Å². The second kappa shape index (κ2) is 4.80. The molecule has 0 aliphatic carbocycles. The van der Waals surface area contributed by atoms with Gasteiger partial charge in [0, 0.05) is 23.8 Å². The molecule has 3 N–H and O–H groups in total. The first-order valence-corrected chi connectivity index (χ1v) is 5.31. The van der Waals surface area contributed by atoms with E-state index in [1.165, 1.54) is 0 Å². The lowest BCUT2D eigenvalue weighted by Gasteiger charge is -2.09. The number of aromatic nitrogens is 2. The fraction of sp³-hybridized carbons (Fsp3) is 0.167. The number of amides is 1. The molecule has 1 heterocycles. The number of hydrogen-bond donors (Lipinski definition) is 2. The first-order chi connectivity index (χ1) is 8.16. The van der Waals surface area contributed by atoms with Crippen molar-refractivity contribution in [2.75, 3.05) is 5.32 Å². The van der Waals surface area contributed by atoms with Gasteiger partial charge in [0.1, 0.15) is 0 Å². The second-order valence-corrected chi connectivity index (χ2v) is 3.80. The number of rotatable bonds is 3. The number of anilines is 1. The Labute approximate surface area is 99.3 Å². The molecule has 0 aliphatic heterocycles. The lowest BCUT2D eigenvalue weighted by Crippen LogP contribution is -2.32. The van der Waals surface area contributed by atoms with Crippen molar-refractivity contribution in [3.8, 4) is 5.69 Å². The molecule has 1 aromatic heterocycles. The predicted octanol–water partition coefficient (Wildman–Crippen LogP) is 1.16. The van der Waals surface area contributed by atoms with Crippen LogP contribution in [0.4, 0.5) is 5.69 Å². The molecule has 17 heavy (non-hydrogen) atoms. The lowest BCUT2D eigenvalue weighted by molar-refractivity contribution is -0.117. The van der Waals surface area contributed by atoms with Gasteiger partial charge in [-0.15, -0.1) is 0 Å². The fourth-order valence-corrected chi connectivity index (χ4v) is 1.41. The van der Waals surface area contributed by atoms with Gasteiger partial charge < -0.3 is 15.6 Å². The molecule has 1 aromatic carbocycles. The van der Waals surface area contributed by atoms with Crippen LogP contribution in [0.15, 0.2) is 43.0 Å². The third-order valence-corrected chi connectivity index (χ3v) is 2.33. The van der Waals surface area contributed by atoms with E-state index in [0.29, 0.717) is 0 Å². The van der Waals surface area contributed by atoms with Gasteiger partial charge in [0.05, 0.1) is 12.4 Å². The van der Waals surface area contributed by atoms with Crippen LogP contribution in [0.2, 0.25) is 0 Å². The zero-order chi connectivity index (χ0) is 12.3. The highest BCUT2D eigenvalue weighted by Crippen LogP contribution is 2.14.